The number of halogens is 2. The molecule has 0 saturated carbocycles. The van der Waals surface area contributed by atoms with Gasteiger partial charge in [-0.2, -0.15) is 8.78 Å². The van der Waals surface area contributed by atoms with Crippen LogP contribution in [0.25, 0.3) is 0 Å². The first kappa shape index (κ1) is 19.3. The highest BCUT2D eigenvalue weighted by Gasteiger charge is 2.11. The van der Waals surface area contributed by atoms with E-state index in [1.165, 1.54) is 18.2 Å². The molecule has 1 N–H and O–H groups in total. The Morgan fingerprint density at radius 2 is 1.89 bits per heavy atom. The average Bonchev–Trinajstić information content (AvgIpc) is 2.98. The first-order valence-corrected chi connectivity index (χ1v) is 8.43. The van der Waals surface area contributed by atoms with Gasteiger partial charge in [-0.05, 0) is 50.2 Å². The molecule has 1 aromatic heterocycles. The van der Waals surface area contributed by atoms with Gasteiger partial charge >= 0.3 is 6.61 Å². The number of carbonyl (C=O) groups excluding carboxylic acids is 1. The number of nitrogens with zero attached hydrogens (tertiary/aromatic N) is 1. The summed E-state index contributed by atoms with van der Waals surface area (Å²) in [5, 5.41) is 6.50. The Bertz CT molecular complexity index is 936. The van der Waals surface area contributed by atoms with E-state index in [-0.39, 0.29) is 11.7 Å². The number of benzene rings is 2. The molecule has 0 bridgehead atoms. The predicted molar refractivity (Wildman–Crippen MR) is 97.8 cm³/mol. The lowest BCUT2D eigenvalue weighted by molar-refractivity contribution is -0.0498. The number of aryl methyl sites for hydroxylation is 2. The van der Waals surface area contributed by atoms with Gasteiger partial charge in [-0.25, -0.2) is 0 Å². The Morgan fingerprint density at radius 1 is 1.14 bits per heavy atom. The van der Waals surface area contributed by atoms with E-state index in [4.69, 9.17) is 9.26 Å². The van der Waals surface area contributed by atoms with Crippen molar-refractivity contribution in [2.24, 2.45) is 0 Å². The Morgan fingerprint density at radius 3 is 2.54 bits per heavy atom. The van der Waals surface area contributed by atoms with Crippen LogP contribution in [0.15, 0.2) is 53.1 Å². The van der Waals surface area contributed by atoms with E-state index in [0.29, 0.717) is 29.4 Å². The lowest BCUT2D eigenvalue weighted by atomic mass is 10.2. The van der Waals surface area contributed by atoms with Gasteiger partial charge in [-0.1, -0.05) is 11.2 Å². The van der Waals surface area contributed by atoms with Gasteiger partial charge in [-0.15, -0.1) is 0 Å². The minimum absolute atomic E-state index is 0.0316. The van der Waals surface area contributed by atoms with Crippen molar-refractivity contribution in [2.45, 2.75) is 27.1 Å². The summed E-state index contributed by atoms with van der Waals surface area (Å²) in [7, 11) is 0. The summed E-state index contributed by atoms with van der Waals surface area (Å²) in [6.45, 7) is 1.03. The SMILES string of the molecule is Cc1noc(C)c1COc1ccc(C(=O)Nc2cccc(OC(F)F)c2)cc1. The third kappa shape index (κ3) is 4.85. The number of ether oxygens (including phenoxy) is 2. The van der Waals surface area contributed by atoms with Crippen LogP contribution in [0.3, 0.4) is 0 Å². The second-order valence-electron chi connectivity index (χ2n) is 5.98. The minimum atomic E-state index is -2.93. The monoisotopic (exact) mass is 388 g/mol. The maximum atomic E-state index is 12.3. The number of carbonyl (C=O) groups is 1. The lowest BCUT2D eigenvalue weighted by Gasteiger charge is -2.09. The summed E-state index contributed by atoms with van der Waals surface area (Å²) in [4.78, 5) is 12.3. The van der Waals surface area contributed by atoms with Crippen molar-refractivity contribution in [2.75, 3.05) is 5.32 Å². The predicted octanol–water partition coefficient (Wildman–Crippen LogP) is 4.72. The molecule has 8 heteroatoms. The number of anilines is 1. The van der Waals surface area contributed by atoms with Crippen molar-refractivity contribution in [1.82, 2.24) is 5.16 Å². The highest BCUT2D eigenvalue weighted by Crippen LogP contribution is 2.21. The summed E-state index contributed by atoms with van der Waals surface area (Å²) >= 11 is 0. The van der Waals surface area contributed by atoms with Crippen LogP contribution in [0, 0.1) is 13.8 Å². The number of nitrogens with one attached hydrogen (secondary N) is 1. The van der Waals surface area contributed by atoms with E-state index >= 15 is 0 Å². The number of alkyl halides is 2. The zero-order valence-corrected chi connectivity index (χ0v) is 15.2. The molecule has 0 unspecified atom stereocenters. The molecule has 6 nitrogen and oxygen atoms in total. The molecule has 1 amide bonds. The van der Waals surface area contributed by atoms with E-state index in [0.717, 1.165) is 11.3 Å². The molecule has 146 valence electrons. The Kier molecular flexibility index (Phi) is 5.88. The van der Waals surface area contributed by atoms with Gasteiger partial charge in [0.05, 0.1) is 11.3 Å². The van der Waals surface area contributed by atoms with Crippen LogP contribution in [0.4, 0.5) is 14.5 Å². The zero-order valence-electron chi connectivity index (χ0n) is 15.2. The summed E-state index contributed by atoms with van der Waals surface area (Å²) in [6.07, 6.45) is 0. The molecule has 0 aliphatic heterocycles. The maximum absolute atomic E-state index is 12.3. The van der Waals surface area contributed by atoms with E-state index in [1.807, 2.05) is 13.8 Å². The van der Waals surface area contributed by atoms with E-state index in [2.05, 4.69) is 15.2 Å². The minimum Gasteiger partial charge on any atom is -0.489 e. The number of hydrogen-bond donors (Lipinski definition) is 1. The van der Waals surface area contributed by atoms with Crippen molar-refractivity contribution < 1.29 is 27.6 Å². The van der Waals surface area contributed by atoms with Gasteiger partial charge in [0.25, 0.3) is 5.91 Å². The van der Waals surface area contributed by atoms with Gasteiger partial charge in [0, 0.05) is 17.3 Å². The second kappa shape index (κ2) is 8.51. The molecule has 28 heavy (non-hydrogen) atoms. The smallest absolute Gasteiger partial charge is 0.387 e. The summed E-state index contributed by atoms with van der Waals surface area (Å²) in [6, 6.07) is 12.4. The first-order valence-electron chi connectivity index (χ1n) is 8.43. The van der Waals surface area contributed by atoms with Crippen LogP contribution in [0.1, 0.15) is 27.4 Å². The first-order chi connectivity index (χ1) is 13.4. The molecule has 3 aromatic rings. The molecule has 0 fully saturated rings. The molecule has 0 atom stereocenters. The quantitative estimate of drug-likeness (QED) is 0.634. The third-order valence-electron chi connectivity index (χ3n) is 4.00. The van der Waals surface area contributed by atoms with Crippen LogP contribution in [-0.4, -0.2) is 17.7 Å². The molecular formula is C20H18F2N2O4. The topological polar surface area (TPSA) is 73.6 Å². The molecule has 0 radical (unpaired) electrons. The largest absolute Gasteiger partial charge is 0.489 e. The van der Waals surface area contributed by atoms with Crippen molar-refractivity contribution in [3.63, 3.8) is 0 Å². The summed E-state index contributed by atoms with van der Waals surface area (Å²) in [5.41, 5.74) is 2.39. The standard InChI is InChI=1S/C20H18F2N2O4/c1-12-18(13(2)28-24-12)11-26-16-8-6-14(7-9-16)19(25)23-15-4-3-5-17(10-15)27-20(21)22/h3-10,20H,11H2,1-2H3,(H,23,25). The van der Waals surface area contributed by atoms with Crippen LogP contribution in [0.5, 0.6) is 11.5 Å². The van der Waals surface area contributed by atoms with Crippen molar-refractivity contribution in [3.05, 3.63) is 71.1 Å². The van der Waals surface area contributed by atoms with Gasteiger partial charge in [0.2, 0.25) is 0 Å². The molecule has 0 aliphatic carbocycles. The van der Waals surface area contributed by atoms with Crippen LogP contribution < -0.4 is 14.8 Å². The van der Waals surface area contributed by atoms with E-state index in [9.17, 15) is 13.6 Å². The van der Waals surface area contributed by atoms with Gasteiger partial charge in [-0.3, -0.25) is 4.79 Å². The second-order valence-corrected chi connectivity index (χ2v) is 5.98. The van der Waals surface area contributed by atoms with E-state index < -0.39 is 6.61 Å². The molecule has 2 aromatic carbocycles. The summed E-state index contributed by atoms with van der Waals surface area (Å²) < 4.78 is 39.7. The zero-order chi connectivity index (χ0) is 20.1. The Balaban J connectivity index is 1.61. The van der Waals surface area contributed by atoms with Crippen molar-refractivity contribution in [3.8, 4) is 11.5 Å². The highest BCUT2D eigenvalue weighted by molar-refractivity contribution is 6.04. The fraction of sp³-hybridized carbons (Fsp3) is 0.200. The van der Waals surface area contributed by atoms with Gasteiger partial charge in [0.15, 0.2) is 0 Å². The fourth-order valence-electron chi connectivity index (χ4n) is 2.52. The maximum Gasteiger partial charge on any atom is 0.387 e. The third-order valence-corrected chi connectivity index (χ3v) is 4.00. The van der Waals surface area contributed by atoms with Crippen LogP contribution in [-0.2, 0) is 6.61 Å². The Hall–Kier alpha value is -3.42. The van der Waals surface area contributed by atoms with Crippen molar-refractivity contribution >= 4 is 11.6 Å². The molecule has 0 spiro atoms. The van der Waals surface area contributed by atoms with Gasteiger partial charge < -0.3 is 19.3 Å². The molecule has 0 saturated heterocycles. The average molecular weight is 388 g/mol. The normalized spacial score (nSPS) is 10.8. The Labute approximate surface area is 160 Å². The molecular weight excluding hydrogens is 370 g/mol. The van der Waals surface area contributed by atoms with Gasteiger partial charge in [0.1, 0.15) is 23.9 Å². The van der Waals surface area contributed by atoms with Crippen LogP contribution >= 0.6 is 0 Å². The summed E-state index contributed by atoms with van der Waals surface area (Å²) in [5.74, 6) is 0.873. The molecule has 0 aliphatic rings. The van der Waals surface area contributed by atoms with Crippen LogP contribution in [0.2, 0.25) is 0 Å². The van der Waals surface area contributed by atoms with Crippen molar-refractivity contribution in [1.29, 1.82) is 0 Å². The highest BCUT2D eigenvalue weighted by atomic mass is 19.3. The molecule has 1 heterocycles. The lowest BCUT2D eigenvalue weighted by Crippen LogP contribution is -2.12. The number of amides is 1. The fourth-order valence-corrected chi connectivity index (χ4v) is 2.52. The number of hydrogen-bond acceptors (Lipinski definition) is 5. The number of rotatable bonds is 7. The number of aromatic nitrogens is 1. The molecule has 3 rings (SSSR count). The van der Waals surface area contributed by atoms with E-state index in [1.54, 1.807) is 30.3 Å².